The average molecular weight is 518 g/mol. The van der Waals surface area contributed by atoms with E-state index in [-0.39, 0.29) is 23.6 Å². The number of nitrogens with one attached hydrogen (secondary N) is 2. The first kappa shape index (κ1) is 27.2. The maximum absolute atomic E-state index is 13.1. The van der Waals surface area contributed by atoms with E-state index in [1.165, 1.54) is 24.4 Å². The lowest BCUT2D eigenvalue weighted by molar-refractivity contribution is -0.646. The van der Waals surface area contributed by atoms with Gasteiger partial charge in [-0.1, -0.05) is 13.8 Å². The first-order chi connectivity index (χ1) is 17.0. The molecule has 0 aliphatic carbocycles. The van der Waals surface area contributed by atoms with Crippen molar-refractivity contribution in [2.24, 2.45) is 5.92 Å². The summed E-state index contributed by atoms with van der Waals surface area (Å²) in [5.74, 6) is -1.39. The maximum atomic E-state index is 13.1. The van der Waals surface area contributed by atoms with E-state index < -0.39 is 51.3 Å². The van der Waals surface area contributed by atoms with Crippen LogP contribution in [0.4, 0.5) is 0 Å². The summed E-state index contributed by atoms with van der Waals surface area (Å²) in [5.41, 5.74) is 1.06. The van der Waals surface area contributed by atoms with Crippen molar-refractivity contribution >= 4 is 27.6 Å². The van der Waals surface area contributed by atoms with Crippen LogP contribution in [0.25, 0.3) is 0 Å². The molecule has 2 amide bonds. The number of aromatic nitrogens is 2. The zero-order valence-electron chi connectivity index (χ0n) is 20.5. The molecule has 1 aliphatic rings. The number of ketones is 1. The molecular weight excluding hydrogens is 486 g/mol. The Hall–Kier alpha value is -3.38. The van der Waals surface area contributed by atoms with Crippen LogP contribution in [0.2, 0.25) is 0 Å². The lowest BCUT2D eigenvalue weighted by atomic mass is 10.0. The van der Waals surface area contributed by atoms with Crippen molar-refractivity contribution in [3.8, 4) is 0 Å². The van der Waals surface area contributed by atoms with Gasteiger partial charge in [0.1, 0.15) is 6.04 Å². The van der Waals surface area contributed by atoms with Gasteiger partial charge in [0, 0.05) is 30.6 Å². The van der Waals surface area contributed by atoms with Crippen molar-refractivity contribution in [2.45, 2.75) is 57.1 Å². The molecule has 0 aromatic carbocycles. The molecule has 11 nitrogen and oxygen atoms in total. The molecule has 3 heterocycles. The van der Waals surface area contributed by atoms with Crippen LogP contribution in [-0.2, 0) is 19.6 Å². The van der Waals surface area contributed by atoms with Crippen LogP contribution < -0.4 is 15.4 Å². The third kappa shape index (κ3) is 6.64. The molecule has 1 aliphatic heterocycles. The van der Waals surface area contributed by atoms with Crippen LogP contribution in [0.3, 0.4) is 0 Å². The summed E-state index contributed by atoms with van der Waals surface area (Å²) in [6.45, 7) is 5.17. The van der Waals surface area contributed by atoms with Crippen molar-refractivity contribution in [1.82, 2.24) is 19.9 Å². The summed E-state index contributed by atoms with van der Waals surface area (Å²) in [7, 11) is -4.20. The Morgan fingerprint density at radius 1 is 1.25 bits per heavy atom. The summed E-state index contributed by atoms with van der Waals surface area (Å²) in [4.78, 5) is 42.8. The minimum Gasteiger partial charge on any atom is -0.618 e. The Bertz CT molecular complexity index is 1220. The van der Waals surface area contributed by atoms with Gasteiger partial charge in [-0.25, -0.2) is 8.42 Å². The molecule has 2 N–H and O–H groups in total. The van der Waals surface area contributed by atoms with Gasteiger partial charge >= 0.3 is 15.0 Å². The van der Waals surface area contributed by atoms with Gasteiger partial charge in [-0.2, -0.15) is 9.04 Å². The maximum Gasteiger partial charge on any atom is 0.323 e. The second kappa shape index (κ2) is 11.6. The molecule has 194 valence electrons. The SMILES string of the molecule is Cc1ccc(C(=O)NC(CC(C)C)C(=O)N[C@H]2CCCN(S(=O)(=O)c3cccc[n+]3[O-])CC2=O)cn1. The number of carbonyl (C=O) groups is 3. The highest BCUT2D eigenvalue weighted by Crippen LogP contribution is 2.17. The van der Waals surface area contributed by atoms with Crippen molar-refractivity contribution in [1.29, 1.82) is 0 Å². The lowest BCUT2D eigenvalue weighted by Gasteiger charge is -2.23. The predicted octanol–water partition coefficient (Wildman–Crippen LogP) is 0.707. The summed E-state index contributed by atoms with van der Waals surface area (Å²) >= 11 is 0. The fourth-order valence-electron chi connectivity index (χ4n) is 3.92. The highest BCUT2D eigenvalue weighted by Gasteiger charge is 2.37. The van der Waals surface area contributed by atoms with E-state index in [1.807, 2.05) is 13.8 Å². The van der Waals surface area contributed by atoms with E-state index in [9.17, 15) is 28.0 Å². The van der Waals surface area contributed by atoms with E-state index in [2.05, 4.69) is 15.6 Å². The normalized spacial score (nSPS) is 17.9. The van der Waals surface area contributed by atoms with Gasteiger partial charge in [-0.3, -0.25) is 19.4 Å². The zero-order valence-corrected chi connectivity index (χ0v) is 21.3. The minimum atomic E-state index is -4.20. The molecule has 1 saturated heterocycles. The van der Waals surface area contributed by atoms with E-state index in [4.69, 9.17) is 0 Å². The van der Waals surface area contributed by atoms with E-state index in [0.29, 0.717) is 18.4 Å². The van der Waals surface area contributed by atoms with Crippen LogP contribution >= 0.6 is 0 Å². The Labute approximate surface area is 210 Å². The molecule has 2 atom stereocenters. The number of carbonyl (C=O) groups excluding carboxylic acids is 3. The molecule has 1 fully saturated rings. The number of hydrogen-bond acceptors (Lipinski definition) is 7. The van der Waals surface area contributed by atoms with Gasteiger partial charge in [0.05, 0.1) is 18.2 Å². The van der Waals surface area contributed by atoms with Gasteiger partial charge in [0.25, 0.3) is 5.91 Å². The van der Waals surface area contributed by atoms with Crippen LogP contribution in [0, 0.1) is 18.0 Å². The molecule has 3 rings (SSSR count). The van der Waals surface area contributed by atoms with Crippen molar-refractivity contribution in [2.75, 3.05) is 13.1 Å². The first-order valence-electron chi connectivity index (χ1n) is 11.7. The topological polar surface area (TPSA) is 152 Å². The second-order valence-electron chi connectivity index (χ2n) is 9.22. The third-order valence-electron chi connectivity index (χ3n) is 5.83. The monoisotopic (exact) mass is 517 g/mol. The van der Waals surface area contributed by atoms with Gasteiger partial charge in [-0.15, -0.1) is 0 Å². The molecule has 1 unspecified atom stereocenters. The Morgan fingerprint density at radius 2 is 2.00 bits per heavy atom. The average Bonchev–Trinajstić information content (AvgIpc) is 3.00. The van der Waals surface area contributed by atoms with Crippen molar-refractivity contribution < 1.29 is 27.5 Å². The van der Waals surface area contributed by atoms with Gasteiger partial charge < -0.3 is 15.8 Å². The van der Waals surface area contributed by atoms with Crippen LogP contribution in [-0.4, -0.2) is 60.5 Å². The molecule has 12 heteroatoms. The Kier molecular flexibility index (Phi) is 8.75. The van der Waals surface area contributed by atoms with Crippen molar-refractivity contribution in [3.63, 3.8) is 0 Å². The number of sulfonamides is 1. The molecule has 0 radical (unpaired) electrons. The molecule has 0 saturated carbocycles. The summed E-state index contributed by atoms with van der Waals surface area (Å²) in [5, 5.41) is 16.9. The van der Waals surface area contributed by atoms with E-state index >= 15 is 0 Å². The lowest BCUT2D eigenvalue weighted by Crippen LogP contribution is -2.52. The molecular formula is C24H31N5O6S. The third-order valence-corrected chi connectivity index (χ3v) is 7.67. The number of hydrogen-bond donors (Lipinski definition) is 2. The fourth-order valence-corrected chi connectivity index (χ4v) is 5.39. The highest BCUT2D eigenvalue weighted by atomic mass is 32.2. The quantitative estimate of drug-likeness (QED) is 0.386. The Morgan fingerprint density at radius 3 is 2.64 bits per heavy atom. The number of Topliss-reactive ketones (excluding diaryl/α,β-unsaturated/α-hetero) is 1. The van der Waals surface area contributed by atoms with E-state index in [0.717, 1.165) is 16.2 Å². The summed E-state index contributed by atoms with van der Waals surface area (Å²) < 4.78 is 27.1. The van der Waals surface area contributed by atoms with Crippen molar-refractivity contribution in [3.05, 3.63) is 59.2 Å². The highest BCUT2D eigenvalue weighted by molar-refractivity contribution is 7.89. The predicted molar refractivity (Wildman–Crippen MR) is 130 cm³/mol. The molecule has 2 aromatic rings. The molecule has 0 spiro atoms. The molecule has 2 aromatic heterocycles. The van der Waals surface area contributed by atoms with Gasteiger partial charge in [-0.05, 0) is 50.3 Å². The number of nitrogens with zero attached hydrogens (tertiary/aromatic N) is 3. The molecule has 36 heavy (non-hydrogen) atoms. The van der Waals surface area contributed by atoms with Crippen LogP contribution in [0.15, 0.2) is 47.8 Å². The summed E-state index contributed by atoms with van der Waals surface area (Å²) in [6.07, 6.45) is 3.38. The minimum absolute atomic E-state index is 0.0297. The van der Waals surface area contributed by atoms with E-state index in [1.54, 1.807) is 19.1 Å². The number of amides is 2. The number of rotatable bonds is 8. The largest absolute Gasteiger partial charge is 0.618 e. The van der Waals surface area contributed by atoms with Gasteiger partial charge in [0.2, 0.25) is 5.91 Å². The fraction of sp³-hybridized carbons (Fsp3) is 0.458. The smallest absolute Gasteiger partial charge is 0.323 e. The Balaban J connectivity index is 1.70. The zero-order chi connectivity index (χ0) is 26.5. The number of pyridine rings is 2. The second-order valence-corrected chi connectivity index (χ2v) is 11.1. The van der Waals surface area contributed by atoms with Crippen LogP contribution in [0.1, 0.15) is 49.2 Å². The summed E-state index contributed by atoms with van der Waals surface area (Å²) in [6, 6.07) is 5.52. The standard InChI is InChI=1S/C24H31N5O6S/c1-16(2)13-20(27-23(31)18-10-9-17(3)25-14-18)24(32)26-19-7-6-11-28(15-21(19)30)36(34,35)22-8-4-5-12-29(22)33/h4-5,8-10,12,14,16,19-20H,6-7,11,13,15H2,1-3H3,(H,26,32)(H,27,31)/t19-,20?/m0/s1. The first-order valence-corrected chi connectivity index (χ1v) is 13.2. The number of aryl methyl sites for hydroxylation is 1. The van der Waals surface area contributed by atoms with Crippen LogP contribution in [0.5, 0.6) is 0 Å². The van der Waals surface area contributed by atoms with Gasteiger partial charge in [0.15, 0.2) is 12.0 Å². The molecule has 0 bridgehead atoms.